The fraction of sp³-hybridized carbons (Fsp3) is 0.125. The zero-order valence-electron chi connectivity index (χ0n) is 12.5. The van der Waals surface area contributed by atoms with Gasteiger partial charge in [0.15, 0.2) is 0 Å². The molecule has 0 N–H and O–H groups in total. The van der Waals surface area contributed by atoms with Crippen LogP contribution in [-0.4, -0.2) is 31.9 Å². The first-order valence-electron chi connectivity index (χ1n) is 7.12. The summed E-state index contributed by atoms with van der Waals surface area (Å²) in [4.78, 5) is 27.2. The molecule has 3 aromatic rings. The Morgan fingerprint density at radius 3 is 2.83 bits per heavy atom. The van der Waals surface area contributed by atoms with E-state index in [9.17, 15) is 14.0 Å². The summed E-state index contributed by atoms with van der Waals surface area (Å²) in [5.74, 6) is -1.28. The predicted octanol–water partition coefficient (Wildman–Crippen LogP) is 1.43. The fourth-order valence-corrected chi connectivity index (χ4v) is 2.12. The number of benzene rings is 1. The number of aromatic nitrogens is 4. The standard InChI is InChI=1S/C16H13FN4O3/c17-13-9-12(4-5-14(13)21-11-18-10-19-21)16(23)24-8-7-20-6-2-1-3-15(20)22/h1-6,9-11H,7-8H2. The lowest BCUT2D eigenvalue weighted by atomic mass is 10.2. The summed E-state index contributed by atoms with van der Waals surface area (Å²) >= 11 is 0. The lowest BCUT2D eigenvalue weighted by Crippen LogP contribution is -2.21. The zero-order chi connectivity index (χ0) is 16.9. The largest absolute Gasteiger partial charge is 0.460 e. The van der Waals surface area contributed by atoms with Crippen LogP contribution in [0.3, 0.4) is 0 Å². The number of hydrogen-bond donors (Lipinski definition) is 0. The van der Waals surface area contributed by atoms with Gasteiger partial charge in [-0.1, -0.05) is 6.07 Å². The van der Waals surface area contributed by atoms with Crippen molar-refractivity contribution in [2.45, 2.75) is 6.54 Å². The predicted molar refractivity (Wildman–Crippen MR) is 82.3 cm³/mol. The van der Waals surface area contributed by atoms with E-state index in [4.69, 9.17) is 4.74 Å². The molecule has 7 nitrogen and oxygen atoms in total. The molecule has 8 heteroatoms. The topological polar surface area (TPSA) is 79.0 Å². The van der Waals surface area contributed by atoms with Gasteiger partial charge in [0, 0.05) is 12.3 Å². The molecule has 0 amide bonds. The van der Waals surface area contributed by atoms with Crippen molar-refractivity contribution < 1.29 is 13.9 Å². The molecule has 3 rings (SSSR count). The lowest BCUT2D eigenvalue weighted by molar-refractivity contribution is 0.0489. The number of ether oxygens (including phenoxy) is 1. The van der Waals surface area contributed by atoms with Gasteiger partial charge in [-0.3, -0.25) is 4.79 Å². The Morgan fingerprint density at radius 1 is 1.25 bits per heavy atom. The molecule has 0 spiro atoms. The Labute approximate surface area is 135 Å². The third-order valence-electron chi connectivity index (χ3n) is 3.31. The third kappa shape index (κ3) is 3.37. The molecule has 0 unspecified atom stereocenters. The van der Waals surface area contributed by atoms with Gasteiger partial charge >= 0.3 is 5.97 Å². The average Bonchev–Trinajstić information content (AvgIpc) is 3.10. The van der Waals surface area contributed by atoms with Crippen LogP contribution in [0.15, 0.2) is 60.0 Å². The molecule has 24 heavy (non-hydrogen) atoms. The summed E-state index contributed by atoms with van der Waals surface area (Å²) in [5.41, 5.74) is 0.0773. The molecule has 0 aliphatic heterocycles. The molecule has 0 saturated carbocycles. The minimum atomic E-state index is -0.664. The molecule has 2 aromatic heterocycles. The van der Waals surface area contributed by atoms with Gasteiger partial charge in [-0.05, 0) is 24.3 Å². The molecule has 0 saturated heterocycles. The quantitative estimate of drug-likeness (QED) is 0.662. The van der Waals surface area contributed by atoms with Crippen molar-refractivity contribution in [3.8, 4) is 5.69 Å². The monoisotopic (exact) mass is 328 g/mol. The summed E-state index contributed by atoms with van der Waals surface area (Å²) in [5, 5.41) is 3.83. The maximum absolute atomic E-state index is 14.1. The maximum Gasteiger partial charge on any atom is 0.338 e. The number of esters is 1. The lowest BCUT2D eigenvalue weighted by Gasteiger charge is -2.08. The van der Waals surface area contributed by atoms with Gasteiger partial charge in [0.1, 0.15) is 30.8 Å². The second kappa shape index (κ2) is 6.86. The van der Waals surface area contributed by atoms with Gasteiger partial charge in [-0.2, -0.15) is 5.10 Å². The van der Waals surface area contributed by atoms with Crippen LogP contribution in [0, 0.1) is 5.82 Å². The molecule has 1 aromatic carbocycles. The Bertz CT molecular complexity index is 906. The third-order valence-corrected chi connectivity index (χ3v) is 3.31. The minimum Gasteiger partial charge on any atom is -0.460 e. The Morgan fingerprint density at radius 2 is 2.12 bits per heavy atom. The Hall–Kier alpha value is -3.29. The van der Waals surface area contributed by atoms with Crippen LogP contribution >= 0.6 is 0 Å². The Kier molecular flexibility index (Phi) is 4.46. The van der Waals surface area contributed by atoms with Crippen LogP contribution in [0.1, 0.15) is 10.4 Å². The Balaban J connectivity index is 1.64. The van der Waals surface area contributed by atoms with E-state index in [1.54, 1.807) is 18.3 Å². The average molecular weight is 328 g/mol. The summed E-state index contributed by atoms with van der Waals surface area (Å²) < 4.78 is 21.8. The molecule has 0 aliphatic carbocycles. The molecule has 0 fully saturated rings. The van der Waals surface area contributed by atoms with Crippen LogP contribution in [0.4, 0.5) is 4.39 Å². The van der Waals surface area contributed by atoms with Gasteiger partial charge in [-0.15, -0.1) is 0 Å². The summed E-state index contributed by atoms with van der Waals surface area (Å²) in [7, 11) is 0. The van der Waals surface area contributed by atoms with Crippen LogP contribution in [0.2, 0.25) is 0 Å². The number of halogens is 1. The van der Waals surface area contributed by atoms with E-state index in [1.807, 2.05) is 0 Å². The van der Waals surface area contributed by atoms with Crippen molar-refractivity contribution in [2.24, 2.45) is 0 Å². The first kappa shape index (κ1) is 15.6. The second-order valence-corrected chi connectivity index (χ2v) is 4.87. The van der Waals surface area contributed by atoms with Crippen LogP contribution in [0.25, 0.3) is 5.69 Å². The molecule has 0 bridgehead atoms. The summed E-state index contributed by atoms with van der Waals surface area (Å²) in [6.45, 7) is 0.236. The van der Waals surface area contributed by atoms with Crippen molar-refractivity contribution in [1.29, 1.82) is 0 Å². The SMILES string of the molecule is O=C(OCCn1ccccc1=O)c1ccc(-n2cncn2)c(F)c1. The van der Waals surface area contributed by atoms with Crippen LogP contribution in [-0.2, 0) is 11.3 Å². The molecular weight excluding hydrogens is 315 g/mol. The van der Waals surface area contributed by atoms with Crippen molar-refractivity contribution in [2.75, 3.05) is 6.61 Å². The number of nitrogens with zero attached hydrogens (tertiary/aromatic N) is 4. The zero-order valence-corrected chi connectivity index (χ0v) is 12.5. The van der Waals surface area contributed by atoms with E-state index in [2.05, 4.69) is 10.1 Å². The number of carbonyl (C=O) groups excluding carboxylic acids is 1. The molecule has 0 radical (unpaired) electrons. The van der Waals surface area contributed by atoms with Crippen molar-refractivity contribution in [1.82, 2.24) is 19.3 Å². The highest BCUT2D eigenvalue weighted by molar-refractivity contribution is 5.89. The number of carbonyl (C=O) groups is 1. The second-order valence-electron chi connectivity index (χ2n) is 4.87. The van der Waals surface area contributed by atoms with Gasteiger partial charge < -0.3 is 9.30 Å². The minimum absolute atomic E-state index is 0.00913. The fourth-order valence-electron chi connectivity index (χ4n) is 2.12. The van der Waals surface area contributed by atoms with Crippen molar-refractivity contribution >= 4 is 5.97 Å². The van der Waals surface area contributed by atoms with E-state index >= 15 is 0 Å². The molecule has 2 heterocycles. The molecule has 0 aliphatic rings. The number of pyridine rings is 1. The normalized spacial score (nSPS) is 10.5. The van der Waals surface area contributed by atoms with Crippen molar-refractivity contribution in [3.63, 3.8) is 0 Å². The number of hydrogen-bond acceptors (Lipinski definition) is 5. The van der Waals surface area contributed by atoms with Gasteiger partial charge in [0.25, 0.3) is 5.56 Å². The van der Waals surface area contributed by atoms with Crippen molar-refractivity contribution in [3.05, 3.63) is 77.0 Å². The highest BCUT2D eigenvalue weighted by atomic mass is 19.1. The van der Waals surface area contributed by atoms with E-state index < -0.39 is 11.8 Å². The van der Waals surface area contributed by atoms with Gasteiger partial charge in [0.05, 0.1) is 12.1 Å². The summed E-state index contributed by atoms with van der Waals surface area (Å²) in [6.07, 6.45) is 4.24. The van der Waals surface area contributed by atoms with E-state index in [-0.39, 0.29) is 30.0 Å². The smallest absolute Gasteiger partial charge is 0.338 e. The van der Waals surface area contributed by atoms with Crippen LogP contribution < -0.4 is 5.56 Å². The van der Waals surface area contributed by atoms with Gasteiger partial charge in [0.2, 0.25) is 0 Å². The molecule has 122 valence electrons. The highest BCUT2D eigenvalue weighted by Gasteiger charge is 2.12. The summed E-state index contributed by atoms with van der Waals surface area (Å²) in [6, 6.07) is 8.69. The van der Waals surface area contributed by atoms with E-state index in [0.717, 1.165) is 6.07 Å². The first-order chi connectivity index (χ1) is 11.6. The molecule has 0 atom stereocenters. The van der Waals surface area contributed by atoms with Crippen LogP contribution in [0.5, 0.6) is 0 Å². The first-order valence-corrected chi connectivity index (χ1v) is 7.12. The number of rotatable bonds is 5. The maximum atomic E-state index is 14.1. The highest BCUT2D eigenvalue weighted by Crippen LogP contribution is 2.14. The van der Waals surface area contributed by atoms with Gasteiger partial charge in [-0.25, -0.2) is 18.9 Å². The van der Waals surface area contributed by atoms with E-state index in [1.165, 1.54) is 40.1 Å². The van der Waals surface area contributed by atoms with E-state index in [0.29, 0.717) is 0 Å². The molecular formula is C16H13FN4O3.